The molecule has 1 aromatic rings. The van der Waals surface area contributed by atoms with Crippen LogP contribution in [0.25, 0.3) is 0 Å². The standard InChI is InChI=1S/C17H26N2O/c1-13-4-6-14(7-5-13)16(19-18)15-8-11-20-17(12-15)9-2-3-10-17/h4-7,15-16,19H,2-3,8-12,18H2,1H3. The molecule has 2 atom stereocenters. The first-order valence-corrected chi connectivity index (χ1v) is 7.89. The summed E-state index contributed by atoms with van der Waals surface area (Å²) in [5.41, 5.74) is 5.81. The second kappa shape index (κ2) is 5.84. The fourth-order valence-corrected chi connectivity index (χ4v) is 4.00. The maximum Gasteiger partial charge on any atom is 0.0686 e. The topological polar surface area (TPSA) is 47.3 Å². The number of benzene rings is 1. The minimum Gasteiger partial charge on any atom is -0.375 e. The van der Waals surface area contributed by atoms with Crippen LogP contribution in [0.15, 0.2) is 24.3 Å². The molecule has 0 radical (unpaired) electrons. The molecule has 3 N–H and O–H groups in total. The maximum absolute atomic E-state index is 6.14. The smallest absolute Gasteiger partial charge is 0.0686 e. The Morgan fingerprint density at radius 1 is 1.25 bits per heavy atom. The molecule has 2 aliphatic rings. The lowest BCUT2D eigenvalue weighted by Crippen LogP contribution is -2.43. The van der Waals surface area contributed by atoms with E-state index in [1.807, 2.05) is 0 Å². The monoisotopic (exact) mass is 274 g/mol. The van der Waals surface area contributed by atoms with E-state index in [4.69, 9.17) is 10.6 Å². The molecule has 0 aromatic heterocycles. The zero-order valence-electron chi connectivity index (χ0n) is 12.4. The average molecular weight is 274 g/mol. The van der Waals surface area contributed by atoms with Gasteiger partial charge in [0.2, 0.25) is 0 Å². The quantitative estimate of drug-likeness (QED) is 0.657. The lowest BCUT2D eigenvalue weighted by Gasteiger charge is -2.41. The first kappa shape index (κ1) is 14.1. The van der Waals surface area contributed by atoms with Crippen LogP contribution in [-0.4, -0.2) is 12.2 Å². The molecular formula is C17H26N2O. The normalized spacial score (nSPS) is 26.8. The van der Waals surface area contributed by atoms with E-state index < -0.39 is 0 Å². The summed E-state index contributed by atoms with van der Waals surface area (Å²) in [6, 6.07) is 9.00. The molecule has 20 heavy (non-hydrogen) atoms. The second-order valence-corrected chi connectivity index (χ2v) is 6.55. The van der Waals surface area contributed by atoms with E-state index in [2.05, 4.69) is 36.6 Å². The molecule has 2 unspecified atom stereocenters. The zero-order valence-corrected chi connectivity index (χ0v) is 12.4. The maximum atomic E-state index is 6.14. The van der Waals surface area contributed by atoms with E-state index in [0.29, 0.717) is 5.92 Å². The molecule has 3 heteroatoms. The number of nitrogens with two attached hydrogens (primary N) is 1. The zero-order chi connectivity index (χ0) is 14.0. The summed E-state index contributed by atoms with van der Waals surface area (Å²) in [7, 11) is 0. The summed E-state index contributed by atoms with van der Waals surface area (Å²) in [6.45, 7) is 3.01. The number of hydrogen-bond acceptors (Lipinski definition) is 3. The van der Waals surface area contributed by atoms with Gasteiger partial charge in [-0.25, -0.2) is 0 Å². The van der Waals surface area contributed by atoms with Crippen molar-refractivity contribution in [2.24, 2.45) is 11.8 Å². The van der Waals surface area contributed by atoms with Crippen LogP contribution in [0.3, 0.4) is 0 Å². The van der Waals surface area contributed by atoms with E-state index in [9.17, 15) is 0 Å². The molecule has 0 amide bonds. The van der Waals surface area contributed by atoms with Crippen molar-refractivity contribution >= 4 is 0 Å². The van der Waals surface area contributed by atoms with Gasteiger partial charge < -0.3 is 4.74 Å². The fourth-order valence-electron chi connectivity index (χ4n) is 4.00. The number of ether oxygens (including phenoxy) is 1. The van der Waals surface area contributed by atoms with Crippen molar-refractivity contribution in [2.75, 3.05) is 6.61 Å². The number of nitrogens with one attached hydrogen (secondary N) is 1. The van der Waals surface area contributed by atoms with Crippen LogP contribution < -0.4 is 11.3 Å². The van der Waals surface area contributed by atoms with E-state index >= 15 is 0 Å². The predicted molar refractivity (Wildman–Crippen MR) is 81.1 cm³/mol. The van der Waals surface area contributed by atoms with Crippen molar-refractivity contribution in [3.05, 3.63) is 35.4 Å². The molecule has 2 fully saturated rings. The molecule has 3 nitrogen and oxygen atoms in total. The van der Waals surface area contributed by atoms with Crippen LogP contribution >= 0.6 is 0 Å². The Labute approximate surface area is 121 Å². The van der Waals surface area contributed by atoms with E-state index in [1.54, 1.807) is 0 Å². The van der Waals surface area contributed by atoms with Crippen molar-refractivity contribution in [2.45, 2.75) is 57.1 Å². The van der Waals surface area contributed by atoms with Crippen LogP contribution in [0.1, 0.15) is 55.7 Å². The summed E-state index contributed by atoms with van der Waals surface area (Å²) >= 11 is 0. The van der Waals surface area contributed by atoms with Gasteiger partial charge in [-0.15, -0.1) is 0 Å². The molecular weight excluding hydrogens is 248 g/mol. The number of rotatable bonds is 3. The lowest BCUT2D eigenvalue weighted by atomic mass is 9.78. The van der Waals surface area contributed by atoms with Gasteiger partial charge in [-0.1, -0.05) is 42.7 Å². The molecule has 1 spiro atoms. The van der Waals surface area contributed by atoms with Gasteiger partial charge >= 0.3 is 0 Å². The van der Waals surface area contributed by atoms with Gasteiger partial charge in [0.1, 0.15) is 0 Å². The van der Waals surface area contributed by atoms with Crippen molar-refractivity contribution < 1.29 is 4.74 Å². The molecule has 110 valence electrons. The highest BCUT2D eigenvalue weighted by Gasteiger charge is 2.42. The summed E-state index contributed by atoms with van der Waals surface area (Å²) < 4.78 is 6.14. The fraction of sp³-hybridized carbons (Fsp3) is 0.647. The van der Waals surface area contributed by atoms with E-state index in [1.165, 1.54) is 36.8 Å². The molecule has 1 aromatic carbocycles. The summed E-state index contributed by atoms with van der Waals surface area (Å²) in [4.78, 5) is 0. The number of hydrogen-bond donors (Lipinski definition) is 2. The van der Waals surface area contributed by atoms with Crippen molar-refractivity contribution in [1.29, 1.82) is 0 Å². The SMILES string of the molecule is Cc1ccc(C(NN)C2CCOC3(CCCC3)C2)cc1. The highest BCUT2D eigenvalue weighted by atomic mass is 16.5. The Morgan fingerprint density at radius 2 is 1.95 bits per heavy atom. The molecule has 1 saturated heterocycles. The summed E-state index contributed by atoms with van der Waals surface area (Å²) in [5.74, 6) is 6.45. The molecule has 1 saturated carbocycles. The molecule has 1 aliphatic heterocycles. The first-order chi connectivity index (χ1) is 9.72. The van der Waals surface area contributed by atoms with Gasteiger partial charge in [0.15, 0.2) is 0 Å². The Bertz CT molecular complexity index is 437. The van der Waals surface area contributed by atoms with Crippen LogP contribution in [-0.2, 0) is 4.74 Å². The Morgan fingerprint density at radius 3 is 2.60 bits per heavy atom. The van der Waals surface area contributed by atoms with Crippen LogP contribution in [0, 0.1) is 12.8 Å². The molecule has 0 bridgehead atoms. The van der Waals surface area contributed by atoms with Gasteiger partial charge in [-0.05, 0) is 44.1 Å². The van der Waals surface area contributed by atoms with E-state index in [-0.39, 0.29) is 11.6 Å². The minimum atomic E-state index is 0.155. The van der Waals surface area contributed by atoms with Gasteiger partial charge in [-0.3, -0.25) is 11.3 Å². The number of hydrazine groups is 1. The molecule has 1 heterocycles. The lowest BCUT2D eigenvalue weighted by molar-refractivity contribution is -0.0982. The van der Waals surface area contributed by atoms with Gasteiger partial charge in [0, 0.05) is 12.6 Å². The Balaban J connectivity index is 1.76. The number of aryl methyl sites for hydroxylation is 1. The largest absolute Gasteiger partial charge is 0.375 e. The molecule has 1 aliphatic carbocycles. The first-order valence-electron chi connectivity index (χ1n) is 7.89. The van der Waals surface area contributed by atoms with Crippen LogP contribution in [0.5, 0.6) is 0 Å². The average Bonchev–Trinajstić information content (AvgIpc) is 2.90. The van der Waals surface area contributed by atoms with E-state index in [0.717, 1.165) is 19.4 Å². The Kier molecular flexibility index (Phi) is 4.11. The third kappa shape index (κ3) is 2.76. The second-order valence-electron chi connectivity index (χ2n) is 6.55. The van der Waals surface area contributed by atoms with Gasteiger partial charge in [0.05, 0.1) is 5.60 Å². The highest BCUT2D eigenvalue weighted by Crippen LogP contribution is 2.45. The third-order valence-corrected chi connectivity index (χ3v) is 5.13. The van der Waals surface area contributed by atoms with Crippen molar-refractivity contribution in [1.82, 2.24) is 5.43 Å². The van der Waals surface area contributed by atoms with Crippen molar-refractivity contribution in [3.8, 4) is 0 Å². The third-order valence-electron chi connectivity index (χ3n) is 5.13. The van der Waals surface area contributed by atoms with Gasteiger partial charge in [0.25, 0.3) is 0 Å². The predicted octanol–water partition coefficient (Wildman–Crippen LogP) is 3.24. The minimum absolute atomic E-state index is 0.155. The van der Waals surface area contributed by atoms with Crippen LogP contribution in [0.2, 0.25) is 0 Å². The Hall–Kier alpha value is -0.900. The highest BCUT2D eigenvalue weighted by molar-refractivity contribution is 5.25. The van der Waals surface area contributed by atoms with Crippen molar-refractivity contribution in [3.63, 3.8) is 0 Å². The molecule has 3 rings (SSSR count). The van der Waals surface area contributed by atoms with Gasteiger partial charge in [-0.2, -0.15) is 0 Å². The van der Waals surface area contributed by atoms with Crippen LogP contribution in [0.4, 0.5) is 0 Å². The summed E-state index contributed by atoms with van der Waals surface area (Å²) in [5, 5.41) is 0. The summed E-state index contributed by atoms with van der Waals surface area (Å²) in [6.07, 6.45) is 7.35.